The number of halogens is 1. The van der Waals surface area contributed by atoms with Crippen LogP contribution < -0.4 is 9.80 Å². The molecule has 2 fully saturated rings. The van der Waals surface area contributed by atoms with Crippen molar-refractivity contribution in [3.8, 4) is 0 Å². The van der Waals surface area contributed by atoms with Crippen molar-refractivity contribution in [2.45, 2.75) is 11.8 Å². The van der Waals surface area contributed by atoms with E-state index in [4.69, 9.17) is 16.3 Å². The van der Waals surface area contributed by atoms with E-state index in [0.717, 1.165) is 29.9 Å². The van der Waals surface area contributed by atoms with Gasteiger partial charge < -0.3 is 4.74 Å². The summed E-state index contributed by atoms with van der Waals surface area (Å²) in [5, 5.41) is 0.580. The number of para-hydroxylation sites is 1. The average Bonchev–Trinajstić information content (AvgIpc) is 3.22. The van der Waals surface area contributed by atoms with Crippen LogP contribution >= 0.6 is 23.4 Å². The van der Waals surface area contributed by atoms with Crippen molar-refractivity contribution in [1.82, 2.24) is 4.90 Å². The lowest BCUT2D eigenvalue weighted by atomic mass is 10.0. The van der Waals surface area contributed by atoms with Crippen molar-refractivity contribution in [2.75, 3.05) is 48.5 Å². The number of anilines is 2. The van der Waals surface area contributed by atoms with E-state index in [1.54, 1.807) is 11.0 Å². The summed E-state index contributed by atoms with van der Waals surface area (Å²) in [4.78, 5) is 31.6. The molecule has 156 valence electrons. The molecular weight excluding hydrogens is 422 g/mol. The number of benzene rings is 2. The van der Waals surface area contributed by atoms with Crippen molar-refractivity contribution in [3.05, 3.63) is 58.6 Å². The minimum atomic E-state index is -1.10. The summed E-state index contributed by atoms with van der Waals surface area (Å²) < 4.78 is 5.45. The topological polar surface area (TPSA) is 53.1 Å². The molecule has 2 saturated heterocycles. The number of thioether (sulfide) groups is 1. The maximum absolute atomic E-state index is 14.0. The van der Waals surface area contributed by atoms with Crippen molar-refractivity contribution in [2.24, 2.45) is 0 Å². The van der Waals surface area contributed by atoms with Crippen LogP contribution in [0.5, 0.6) is 0 Å². The fourth-order valence-corrected chi connectivity index (χ4v) is 5.89. The Kier molecular flexibility index (Phi) is 5.01. The second kappa shape index (κ2) is 7.57. The SMILES string of the molecule is Cc1ccc(N2C(=O)CS[C@@]23C(=O)N(CN2CCOCC2)c2ccccc23)cc1Cl. The first-order valence-electron chi connectivity index (χ1n) is 9.97. The van der Waals surface area contributed by atoms with E-state index in [1.807, 2.05) is 48.2 Å². The summed E-state index contributed by atoms with van der Waals surface area (Å²) >= 11 is 7.76. The predicted octanol–water partition coefficient (Wildman–Crippen LogP) is 3.22. The Balaban J connectivity index is 1.60. The Morgan fingerprint density at radius 1 is 1.13 bits per heavy atom. The lowest BCUT2D eigenvalue weighted by molar-refractivity contribution is -0.124. The number of ether oxygens (including phenoxy) is 1. The highest BCUT2D eigenvalue weighted by Crippen LogP contribution is 2.55. The van der Waals surface area contributed by atoms with Crippen molar-refractivity contribution >= 4 is 46.6 Å². The zero-order valence-electron chi connectivity index (χ0n) is 16.6. The van der Waals surface area contributed by atoms with Gasteiger partial charge in [-0.15, -0.1) is 11.8 Å². The first-order chi connectivity index (χ1) is 14.5. The molecule has 2 aromatic carbocycles. The minimum absolute atomic E-state index is 0.0808. The maximum Gasteiger partial charge on any atom is 0.269 e. The normalized spacial score (nSPS) is 24.2. The zero-order chi connectivity index (χ0) is 20.9. The van der Waals surface area contributed by atoms with Crippen LogP contribution in [-0.4, -0.2) is 55.4 Å². The number of carbonyl (C=O) groups excluding carboxylic acids is 2. The van der Waals surface area contributed by atoms with Gasteiger partial charge in [-0.3, -0.25) is 24.3 Å². The van der Waals surface area contributed by atoms with Crippen LogP contribution in [0.25, 0.3) is 0 Å². The summed E-state index contributed by atoms with van der Waals surface area (Å²) in [5.41, 5.74) is 3.30. The highest BCUT2D eigenvalue weighted by molar-refractivity contribution is 8.02. The summed E-state index contributed by atoms with van der Waals surface area (Å²) in [6.07, 6.45) is 0. The number of amides is 2. The van der Waals surface area contributed by atoms with Crippen LogP contribution in [0.1, 0.15) is 11.1 Å². The van der Waals surface area contributed by atoms with Crippen LogP contribution in [0.4, 0.5) is 11.4 Å². The molecule has 0 radical (unpaired) electrons. The number of morpholine rings is 1. The van der Waals surface area contributed by atoms with Gasteiger partial charge in [-0.25, -0.2) is 0 Å². The summed E-state index contributed by atoms with van der Waals surface area (Å²) in [5.74, 6) is 0.0794. The van der Waals surface area contributed by atoms with Crippen molar-refractivity contribution in [3.63, 3.8) is 0 Å². The lowest BCUT2D eigenvalue weighted by Crippen LogP contribution is -2.52. The first kappa shape index (κ1) is 19.9. The second-order valence-corrected chi connectivity index (χ2v) is 9.29. The number of nitrogens with zero attached hydrogens (tertiary/aromatic N) is 3. The highest BCUT2D eigenvalue weighted by atomic mass is 35.5. The monoisotopic (exact) mass is 443 g/mol. The number of carbonyl (C=O) groups is 2. The van der Waals surface area contributed by atoms with Gasteiger partial charge in [0.2, 0.25) is 10.8 Å². The second-order valence-electron chi connectivity index (χ2n) is 7.72. The van der Waals surface area contributed by atoms with Gasteiger partial charge in [0.05, 0.1) is 31.3 Å². The van der Waals surface area contributed by atoms with Crippen LogP contribution in [0, 0.1) is 6.92 Å². The van der Waals surface area contributed by atoms with Crippen molar-refractivity contribution < 1.29 is 14.3 Å². The van der Waals surface area contributed by atoms with Gasteiger partial charge in [-0.2, -0.15) is 0 Å². The predicted molar refractivity (Wildman–Crippen MR) is 119 cm³/mol. The number of fused-ring (bicyclic) bond motifs is 2. The minimum Gasteiger partial charge on any atom is -0.379 e. The van der Waals surface area contributed by atoms with Crippen LogP contribution in [0.2, 0.25) is 5.02 Å². The molecule has 0 saturated carbocycles. The van der Waals surface area contributed by atoms with Gasteiger partial charge in [-0.1, -0.05) is 35.9 Å². The van der Waals surface area contributed by atoms with E-state index in [1.165, 1.54) is 11.8 Å². The Labute approximate surface area is 184 Å². The lowest BCUT2D eigenvalue weighted by Gasteiger charge is -2.35. The Hall–Kier alpha value is -2.06. The molecule has 3 heterocycles. The molecule has 1 spiro atoms. The Morgan fingerprint density at radius 3 is 2.67 bits per heavy atom. The largest absolute Gasteiger partial charge is 0.379 e. The van der Waals surface area contributed by atoms with Crippen molar-refractivity contribution in [1.29, 1.82) is 0 Å². The molecule has 8 heteroatoms. The molecule has 0 aromatic heterocycles. The van der Waals surface area contributed by atoms with E-state index in [9.17, 15) is 9.59 Å². The fourth-order valence-electron chi connectivity index (χ4n) is 4.36. The molecule has 2 aromatic rings. The van der Waals surface area contributed by atoms with E-state index < -0.39 is 4.87 Å². The molecule has 3 aliphatic rings. The third-order valence-corrected chi connectivity index (χ3v) is 7.72. The van der Waals surface area contributed by atoms with Gasteiger partial charge in [0.15, 0.2) is 0 Å². The molecule has 30 heavy (non-hydrogen) atoms. The smallest absolute Gasteiger partial charge is 0.269 e. The number of hydrogen-bond donors (Lipinski definition) is 0. The molecule has 0 N–H and O–H groups in total. The molecule has 6 nitrogen and oxygen atoms in total. The van der Waals surface area contributed by atoms with Gasteiger partial charge in [0.1, 0.15) is 0 Å². The molecule has 0 bridgehead atoms. The fraction of sp³-hybridized carbons (Fsp3) is 0.364. The van der Waals surface area contributed by atoms with Crippen LogP contribution in [-0.2, 0) is 19.2 Å². The Morgan fingerprint density at radius 2 is 1.90 bits per heavy atom. The number of hydrogen-bond acceptors (Lipinski definition) is 5. The average molecular weight is 444 g/mol. The van der Waals surface area contributed by atoms with E-state index in [-0.39, 0.29) is 17.6 Å². The maximum atomic E-state index is 14.0. The zero-order valence-corrected chi connectivity index (χ0v) is 18.2. The first-order valence-corrected chi connectivity index (χ1v) is 11.3. The van der Waals surface area contributed by atoms with E-state index >= 15 is 0 Å². The third-order valence-electron chi connectivity index (χ3n) is 5.92. The molecule has 3 aliphatic heterocycles. The third kappa shape index (κ3) is 2.95. The standard InChI is InChI=1S/C22H22ClN3O3S/c1-15-6-7-16(12-18(15)23)26-20(27)13-30-22(26)17-4-2-3-5-19(17)25(21(22)28)14-24-8-10-29-11-9-24/h2-7,12H,8-11,13-14H2,1H3/t22-/m0/s1. The molecule has 2 amide bonds. The van der Waals surface area contributed by atoms with Gasteiger partial charge >= 0.3 is 0 Å². The van der Waals surface area contributed by atoms with Crippen LogP contribution in [0.15, 0.2) is 42.5 Å². The van der Waals surface area contributed by atoms with E-state index in [2.05, 4.69) is 4.90 Å². The van der Waals surface area contributed by atoms with Gasteiger partial charge in [0, 0.05) is 29.4 Å². The quantitative estimate of drug-likeness (QED) is 0.729. The molecule has 0 aliphatic carbocycles. The molecule has 1 atom stereocenters. The van der Waals surface area contributed by atoms with E-state index in [0.29, 0.717) is 30.6 Å². The summed E-state index contributed by atoms with van der Waals surface area (Å²) in [6.45, 7) is 5.29. The molecule has 0 unspecified atom stereocenters. The van der Waals surface area contributed by atoms with Gasteiger partial charge in [-0.05, 0) is 30.7 Å². The summed E-state index contributed by atoms with van der Waals surface area (Å²) in [6, 6.07) is 13.3. The van der Waals surface area contributed by atoms with Crippen LogP contribution in [0.3, 0.4) is 0 Å². The summed E-state index contributed by atoms with van der Waals surface area (Å²) in [7, 11) is 0. The molecular formula is C22H22ClN3O3S. The number of aryl methyl sites for hydroxylation is 1. The number of rotatable bonds is 3. The van der Waals surface area contributed by atoms with Gasteiger partial charge in [0.25, 0.3) is 5.91 Å². The molecule has 5 rings (SSSR count). The highest BCUT2D eigenvalue weighted by Gasteiger charge is 2.61. The Bertz CT molecular complexity index is 1030.